The summed E-state index contributed by atoms with van der Waals surface area (Å²) >= 11 is 5.85. The fraction of sp³-hybridized carbons (Fsp3) is 0.615. The standard InChI is InChI=1S/C13H19ClN2O2S/c14-13-12(9-6-10-15-13)19(17,18)16-11-7-4-2-1-3-5-8-11/h6,9-11,16H,1-5,7-8H2. The summed E-state index contributed by atoms with van der Waals surface area (Å²) in [6, 6.07) is 3.08. The molecular weight excluding hydrogens is 284 g/mol. The van der Waals surface area contributed by atoms with Crippen molar-refractivity contribution in [2.45, 2.75) is 55.9 Å². The van der Waals surface area contributed by atoms with E-state index in [2.05, 4.69) is 9.71 Å². The minimum absolute atomic E-state index is 0.0153. The predicted molar refractivity (Wildman–Crippen MR) is 75.7 cm³/mol. The molecule has 1 N–H and O–H groups in total. The molecule has 0 aliphatic heterocycles. The topological polar surface area (TPSA) is 59.1 Å². The molecule has 1 aliphatic rings. The van der Waals surface area contributed by atoms with Crippen LogP contribution in [-0.2, 0) is 10.0 Å². The molecule has 0 bridgehead atoms. The summed E-state index contributed by atoms with van der Waals surface area (Å²) in [5, 5.41) is 0.0286. The number of pyridine rings is 1. The van der Waals surface area contributed by atoms with Crippen LogP contribution in [0.1, 0.15) is 44.9 Å². The van der Waals surface area contributed by atoms with Gasteiger partial charge >= 0.3 is 0 Å². The van der Waals surface area contributed by atoms with Gasteiger partial charge in [-0.05, 0) is 25.0 Å². The summed E-state index contributed by atoms with van der Waals surface area (Å²) in [5.41, 5.74) is 0. The largest absolute Gasteiger partial charge is 0.243 e. The molecule has 0 unspecified atom stereocenters. The predicted octanol–water partition coefficient (Wildman–Crippen LogP) is 3.13. The molecule has 19 heavy (non-hydrogen) atoms. The van der Waals surface area contributed by atoms with Gasteiger partial charge in [0.25, 0.3) is 0 Å². The van der Waals surface area contributed by atoms with Gasteiger partial charge in [-0.3, -0.25) is 0 Å². The smallest absolute Gasteiger partial charge is 0.243 e. The fourth-order valence-corrected chi connectivity index (χ4v) is 4.19. The lowest BCUT2D eigenvalue weighted by Gasteiger charge is -2.21. The summed E-state index contributed by atoms with van der Waals surface area (Å²) in [5.74, 6) is 0. The zero-order chi connectivity index (χ0) is 13.7. The summed E-state index contributed by atoms with van der Waals surface area (Å²) in [7, 11) is -3.56. The van der Waals surface area contributed by atoms with Crippen molar-refractivity contribution >= 4 is 21.6 Å². The van der Waals surface area contributed by atoms with E-state index in [-0.39, 0.29) is 16.1 Å². The number of hydrogen-bond donors (Lipinski definition) is 1. The van der Waals surface area contributed by atoms with Gasteiger partial charge in [0.05, 0.1) is 0 Å². The summed E-state index contributed by atoms with van der Waals surface area (Å²) in [4.78, 5) is 3.89. The normalized spacial score (nSPS) is 18.8. The van der Waals surface area contributed by atoms with Crippen LogP contribution in [0.15, 0.2) is 23.2 Å². The first kappa shape index (κ1) is 14.8. The fourth-order valence-electron chi connectivity index (χ4n) is 2.43. The lowest BCUT2D eigenvalue weighted by Crippen LogP contribution is -2.35. The van der Waals surface area contributed by atoms with Gasteiger partial charge < -0.3 is 0 Å². The third kappa shape index (κ3) is 4.16. The highest BCUT2D eigenvalue weighted by atomic mass is 35.5. The maximum Gasteiger partial charge on any atom is 0.243 e. The summed E-state index contributed by atoms with van der Waals surface area (Å²) in [6.45, 7) is 0. The Bertz CT molecular complexity index is 511. The van der Waals surface area contributed by atoms with E-state index >= 15 is 0 Å². The molecule has 1 heterocycles. The maximum absolute atomic E-state index is 12.3. The second-order valence-electron chi connectivity index (χ2n) is 4.96. The average molecular weight is 303 g/mol. The number of nitrogens with one attached hydrogen (secondary N) is 1. The van der Waals surface area contributed by atoms with Crippen molar-refractivity contribution in [2.24, 2.45) is 0 Å². The van der Waals surface area contributed by atoms with Crippen molar-refractivity contribution < 1.29 is 8.42 Å². The van der Waals surface area contributed by atoms with Crippen LogP contribution >= 0.6 is 11.6 Å². The van der Waals surface area contributed by atoms with Crippen LogP contribution in [-0.4, -0.2) is 19.4 Å². The minimum Gasteiger partial charge on any atom is -0.243 e. The van der Waals surface area contributed by atoms with Crippen molar-refractivity contribution in [3.05, 3.63) is 23.5 Å². The lowest BCUT2D eigenvalue weighted by atomic mass is 9.97. The minimum atomic E-state index is -3.56. The molecule has 1 aromatic heterocycles. The second-order valence-corrected chi connectivity index (χ2v) is 7.00. The van der Waals surface area contributed by atoms with Gasteiger partial charge in [0, 0.05) is 12.2 Å². The van der Waals surface area contributed by atoms with E-state index in [1.165, 1.54) is 31.5 Å². The first-order valence-electron chi connectivity index (χ1n) is 6.72. The van der Waals surface area contributed by atoms with Crippen LogP contribution in [0.5, 0.6) is 0 Å². The molecule has 1 aromatic rings. The van der Waals surface area contributed by atoms with Gasteiger partial charge in [-0.1, -0.05) is 43.7 Å². The van der Waals surface area contributed by atoms with Gasteiger partial charge in [0.1, 0.15) is 10.0 Å². The lowest BCUT2D eigenvalue weighted by molar-refractivity contribution is 0.426. The van der Waals surface area contributed by atoms with E-state index < -0.39 is 10.0 Å². The van der Waals surface area contributed by atoms with Crippen molar-refractivity contribution in [3.8, 4) is 0 Å². The Labute approximate surface area is 119 Å². The summed E-state index contributed by atoms with van der Waals surface area (Å²) < 4.78 is 27.3. The van der Waals surface area contributed by atoms with Crippen LogP contribution in [0.2, 0.25) is 5.15 Å². The molecule has 0 spiro atoms. The van der Waals surface area contributed by atoms with Crippen molar-refractivity contribution in [2.75, 3.05) is 0 Å². The Morgan fingerprint density at radius 1 is 1.16 bits per heavy atom. The molecule has 0 saturated heterocycles. The molecule has 106 valence electrons. The third-order valence-corrected chi connectivity index (χ3v) is 5.41. The molecule has 1 fully saturated rings. The molecular formula is C13H19ClN2O2S. The Kier molecular flexibility index (Phi) is 5.19. The first-order valence-corrected chi connectivity index (χ1v) is 8.58. The number of nitrogens with zero attached hydrogens (tertiary/aromatic N) is 1. The second kappa shape index (κ2) is 6.68. The van der Waals surface area contributed by atoms with E-state index in [1.54, 1.807) is 6.07 Å². The van der Waals surface area contributed by atoms with Crippen molar-refractivity contribution in [3.63, 3.8) is 0 Å². The molecule has 0 radical (unpaired) electrons. The zero-order valence-corrected chi connectivity index (χ0v) is 12.4. The molecule has 1 saturated carbocycles. The van der Waals surface area contributed by atoms with Gasteiger partial charge in [0.2, 0.25) is 10.0 Å². The van der Waals surface area contributed by atoms with Crippen molar-refractivity contribution in [1.82, 2.24) is 9.71 Å². The van der Waals surface area contributed by atoms with Gasteiger partial charge in [-0.2, -0.15) is 0 Å². The maximum atomic E-state index is 12.3. The third-order valence-electron chi connectivity index (χ3n) is 3.44. The molecule has 0 atom stereocenters. The van der Waals surface area contributed by atoms with Crippen LogP contribution < -0.4 is 4.72 Å². The van der Waals surface area contributed by atoms with Gasteiger partial charge in [0.15, 0.2) is 0 Å². The van der Waals surface area contributed by atoms with Crippen LogP contribution in [0, 0.1) is 0 Å². The summed E-state index contributed by atoms with van der Waals surface area (Å²) in [6.07, 6.45) is 9.07. The Morgan fingerprint density at radius 3 is 2.42 bits per heavy atom. The van der Waals surface area contributed by atoms with E-state index in [4.69, 9.17) is 11.6 Å². The molecule has 2 rings (SSSR count). The molecule has 4 nitrogen and oxygen atoms in total. The van der Waals surface area contributed by atoms with Gasteiger partial charge in [-0.25, -0.2) is 18.1 Å². The number of halogens is 1. The average Bonchev–Trinajstić information content (AvgIpc) is 2.33. The molecule has 1 aliphatic carbocycles. The molecule has 0 amide bonds. The van der Waals surface area contributed by atoms with E-state index in [1.807, 2.05) is 0 Å². The van der Waals surface area contributed by atoms with Crippen molar-refractivity contribution in [1.29, 1.82) is 0 Å². The Hall–Kier alpha value is -0.650. The Morgan fingerprint density at radius 2 is 1.79 bits per heavy atom. The zero-order valence-electron chi connectivity index (χ0n) is 10.8. The number of sulfonamides is 1. The first-order chi connectivity index (χ1) is 9.09. The molecule has 0 aromatic carbocycles. The quantitative estimate of drug-likeness (QED) is 0.873. The van der Waals surface area contributed by atoms with Crippen LogP contribution in [0.3, 0.4) is 0 Å². The highest BCUT2D eigenvalue weighted by Crippen LogP contribution is 2.21. The Balaban J connectivity index is 2.10. The highest BCUT2D eigenvalue weighted by molar-refractivity contribution is 7.89. The molecule has 6 heteroatoms. The van der Waals surface area contributed by atoms with E-state index in [0.717, 1.165) is 25.7 Å². The number of hydrogen-bond acceptors (Lipinski definition) is 3. The number of aromatic nitrogens is 1. The highest BCUT2D eigenvalue weighted by Gasteiger charge is 2.23. The van der Waals surface area contributed by atoms with E-state index in [0.29, 0.717) is 0 Å². The number of rotatable bonds is 3. The van der Waals surface area contributed by atoms with E-state index in [9.17, 15) is 8.42 Å². The van der Waals surface area contributed by atoms with Crippen LogP contribution in [0.4, 0.5) is 0 Å². The SMILES string of the molecule is O=S(=O)(NC1CCCCCCC1)c1cccnc1Cl. The van der Waals surface area contributed by atoms with Crippen LogP contribution in [0.25, 0.3) is 0 Å². The monoisotopic (exact) mass is 302 g/mol. The van der Waals surface area contributed by atoms with Gasteiger partial charge in [-0.15, -0.1) is 0 Å².